The molecule has 0 saturated heterocycles. The van der Waals surface area contributed by atoms with Crippen molar-refractivity contribution >= 4 is 21.7 Å². The van der Waals surface area contributed by atoms with Crippen molar-refractivity contribution in [2.75, 3.05) is 12.4 Å². The van der Waals surface area contributed by atoms with Gasteiger partial charge in [0.15, 0.2) is 5.78 Å². The average molecular weight is 427 g/mol. The van der Waals surface area contributed by atoms with Gasteiger partial charge in [0.05, 0.1) is 11.4 Å². The largest absolute Gasteiger partial charge is 0.393 e. The molecule has 148 valence electrons. The molecule has 4 heteroatoms. The monoisotopic (exact) mass is 426 g/mol. The lowest BCUT2D eigenvalue weighted by Crippen LogP contribution is -2.59. The molecule has 4 saturated carbocycles. The second-order valence-corrected chi connectivity index (χ2v) is 10.7. The third-order valence-corrected chi connectivity index (χ3v) is 10.2. The highest BCUT2D eigenvalue weighted by Crippen LogP contribution is 2.68. The van der Waals surface area contributed by atoms with Crippen LogP contribution in [0, 0.1) is 34.5 Å². The maximum Gasteiger partial charge on any atom is 0.175 e. The maximum atomic E-state index is 12.9. The number of carbonyl (C=O) groups is 1. The number of halogens is 1. The molecule has 0 amide bonds. The van der Waals surface area contributed by atoms with Crippen LogP contribution in [0.3, 0.4) is 0 Å². The molecular weight excluding hydrogens is 392 g/mol. The van der Waals surface area contributed by atoms with Crippen molar-refractivity contribution in [1.82, 2.24) is 0 Å². The van der Waals surface area contributed by atoms with E-state index in [1.807, 2.05) is 0 Å². The third-order valence-electron chi connectivity index (χ3n) is 9.68. The Morgan fingerprint density at radius 2 is 1.81 bits per heavy atom. The van der Waals surface area contributed by atoms with Gasteiger partial charge in [-0.2, -0.15) is 0 Å². The first kappa shape index (κ1) is 19.4. The predicted molar refractivity (Wildman–Crippen MR) is 106 cm³/mol. The van der Waals surface area contributed by atoms with Crippen LogP contribution in [0.1, 0.15) is 71.6 Å². The molecule has 4 aliphatic rings. The Balaban J connectivity index is 1.65. The smallest absolute Gasteiger partial charge is 0.175 e. The number of Topliss-reactive ketones (excluding diaryl/α,β-unsaturated/α-hetero) is 1. The summed E-state index contributed by atoms with van der Waals surface area (Å²) in [6.45, 7) is 4.87. The molecule has 0 bridgehead atoms. The maximum absolute atomic E-state index is 12.9. The molecule has 0 heterocycles. The number of aliphatic hydroxyl groups excluding tert-OH is 1. The summed E-state index contributed by atoms with van der Waals surface area (Å²) in [5.74, 6) is 3.02. The topological polar surface area (TPSA) is 46.5 Å². The zero-order valence-corrected chi connectivity index (χ0v) is 18.2. The SMILES string of the molecule is CO[C@]1(C(=O)CBr)CCC2C3CCC4CC(O)CC[C@]4(C)C3CC[C@@]21C. The molecule has 0 aromatic heterocycles. The van der Waals surface area contributed by atoms with Crippen molar-refractivity contribution in [3.8, 4) is 0 Å². The fourth-order valence-electron chi connectivity index (χ4n) is 8.25. The summed E-state index contributed by atoms with van der Waals surface area (Å²) in [6, 6.07) is 0. The Morgan fingerprint density at radius 1 is 1.08 bits per heavy atom. The molecule has 26 heavy (non-hydrogen) atoms. The van der Waals surface area contributed by atoms with Crippen molar-refractivity contribution in [1.29, 1.82) is 0 Å². The number of alkyl halides is 1. The first-order valence-electron chi connectivity index (χ1n) is 10.6. The van der Waals surface area contributed by atoms with E-state index in [4.69, 9.17) is 4.74 Å². The van der Waals surface area contributed by atoms with Gasteiger partial charge < -0.3 is 9.84 Å². The normalized spacial score (nSPS) is 53.5. The van der Waals surface area contributed by atoms with Gasteiger partial charge in [0, 0.05) is 12.5 Å². The second kappa shape index (κ2) is 6.56. The number of carbonyl (C=O) groups excluding carboxylic acids is 1. The number of methoxy groups -OCH3 is 1. The number of rotatable bonds is 3. The van der Waals surface area contributed by atoms with Gasteiger partial charge in [-0.3, -0.25) is 4.79 Å². The number of aliphatic hydroxyl groups is 1. The molecule has 0 aromatic rings. The average Bonchev–Trinajstić information content (AvgIpc) is 2.95. The van der Waals surface area contributed by atoms with Crippen LogP contribution in [0.15, 0.2) is 0 Å². The Morgan fingerprint density at radius 3 is 2.50 bits per heavy atom. The van der Waals surface area contributed by atoms with Gasteiger partial charge in [-0.15, -0.1) is 0 Å². The summed E-state index contributed by atoms with van der Waals surface area (Å²) < 4.78 is 6.04. The second-order valence-electron chi connectivity index (χ2n) is 10.2. The van der Waals surface area contributed by atoms with E-state index in [0.29, 0.717) is 22.6 Å². The van der Waals surface area contributed by atoms with Gasteiger partial charge in [0.2, 0.25) is 0 Å². The number of fused-ring (bicyclic) bond motifs is 5. The van der Waals surface area contributed by atoms with Crippen molar-refractivity contribution in [3.63, 3.8) is 0 Å². The van der Waals surface area contributed by atoms with Crippen LogP contribution in [0.4, 0.5) is 0 Å². The quantitative estimate of drug-likeness (QED) is 0.662. The lowest BCUT2D eigenvalue weighted by molar-refractivity contribution is -0.177. The number of hydrogen-bond acceptors (Lipinski definition) is 3. The van der Waals surface area contributed by atoms with Crippen LogP contribution in [0.5, 0.6) is 0 Å². The minimum atomic E-state index is -0.591. The molecule has 3 nitrogen and oxygen atoms in total. The van der Waals surface area contributed by atoms with Crippen molar-refractivity contribution in [2.24, 2.45) is 34.5 Å². The highest BCUT2D eigenvalue weighted by molar-refractivity contribution is 9.09. The number of ketones is 1. The molecule has 5 unspecified atom stereocenters. The van der Waals surface area contributed by atoms with E-state index in [9.17, 15) is 9.90 Å². The molecule has 0 spiro atoms. The van der Waals surface area contributed by atoms with E-state index in [2.05, 4.69) is 29.8 Å². The van der Waals surface area contributed by atoms with E-state index >= 15 is 0 Å². The van der Waals surface area contributed by atoms with Gasteiger partial charge in [-0.05, 0) is 86.9 Å². The lowest BCUT2D eigenvalue weighted by atomic mass is 9.44. The lowest BCUT2D eigenvalue weighted by Gasteiger charge is -2.61. The van der Waals surface area contributed by atoms with Crippen LogP contribution in [-0.4, -0.2) is 35.0 Å². The molecule has 4 aliphatic carbocycles. The molecule has 8 atom stereocenters. The Bertz CT molecular complexity index is 580. The van der Waals surface area contributed by atoms with E-state index in [1.165, 1.54) is 25.7 Å². The highest BCUT2D eigenvalue weighted by atomic mass is 79.9. The van der Waals surface area contributed by atoms with Crippen LogP contribution in [0.2, 0.25) is 0 Å². The van der Waals surface area contributed by atoms with E-state index < -0.39 is 5.60 Å². The summed E-state index contributed by atoms with van der Waals surface area (Å²) in [7, 11) is 1.75. The molecule has 4 fully saturated rings. The zero-order valence-electron chi connectivity index (χ0n) is 16.6. The molecule has 0 aromatic carbocycles. The Labute approximate surface area is 166 Å². The van der Waals surface area contributed by atoms with Crippen LogP contribution < -0.4 is 0 Å². The van der Waals surface area contributed by atoms with Crippen LogP contribution in [0.25, 0.3) is 0 Å². The Kier molecular flexibility index (Phi) is 4.89. The van der Waals surface area contributed by atoms with Gasteiger partial charge in [0.1, 0.15) is 5.60 Å². The summed E-state index contributed by atoms with van der Waals surface area (Å²) in [5, 5.41) is 10.6. The van der Waals surface area contributed by atoms with Crippen molar-refractivity contribution < 1.29 is 14.6 Å². The minimum absolute atomic E-state index is 0.0227. The van der Waals surface area contributed by atoms with E-state index in [0.717, 1.165) is 43.9 Å². The summed E-state index contributed by atoms with van der Waals surface area (Å²) in [4.78, 5) is 12.9. The summed E-state index contributed by atoms with van der Waals surface area (Å²) in [6.07, 6.45) is 9.96. The van der Waals surface area contributed by atoms with E-state index in [-0.39, 0.29) is 17.3 Å². The molecule has 0 radical (unpaired) electrons. The molecular formula is C22H35BrO3. The van der Waals surface area contributed by atoms with Crippen LogP contribution in [-0.2, 0) is 9.53 Å². The van der Waals surface area contributed by atoms with E-state index in [1.54, 1.807) is 7.11 Å². The van der Waals surface area contributed by atoms with Crippen molar-refractivity contribution in [3.05, 3.63) is 0 Å². The first-order valence-corrected chi connectivity index (χ1v) is 11.8. The van der Waals surface area contributed by atoms with Gasteiger partial charge >= 0.3 is 0 Å². The predicted octanol–water partition coefficient (Wildman–Crippen LogP) is 4.74. The minimum Gasteiger partial charge on any atom is -0.393 e. The van der Waals surface area contributed by atoms with Gasteiger partial charge in [0.25, 0.3) is 0 Å². The third kappa shape index (κ3) is 2.40. The van der Waals surface area contributed by atoms with Crippen LogP contribution >= 0.6 is 15.9 Å². The molecule has 0 aliphatic heterocycles. The number of ether oxygens (including phenoxy) is 1. The molecule has 4 rings (SSSR count). The van der Waals surface area contributed by atoms with Gasteiger partial charge in [-0.1, -0.05) is 29.8 Å². The zero-order chi connectivity index (χ0) is 18.7. The first-order chi connectivity index (χ1) is 12.3. The number of hydrogen-bond donors (Lipinski definition) is 1. The van der Waals surface area contributed by atoms with Crippen molar-refractivity contribution in [2.45, 2.75) is 83.3 Å². The summed E-state index contributed by atoms with van der Waals surface area (Å²) >= 11 is 3.42. The fraction of sp³-hybridized carbons (Fsp3) is 0.955. The van der Waals surface area contributed by atoms with Gasteiger partial charge in [-0.25, -0.2) is 0 Å². The fourth-order valence-corrected chi connectivity index (χ4v) is 8.70. The standard InChI is InChI=1S/C22H35BrO3/c1-20-9-6-15(24)12-14(20)4-5-16-17(20)7-10-21(2)18(16)8-11-22(21,26-3)19(25)13-23/h14-18,24H,4-13H2,1-3H3/t14?,15?,16?,17?,18?,20-,21-,22-/m0/s1. The molecule has 1 N–H and O–H groups in total. The summed E-state index contributed by atoms with van der Waals surface area (Å²) in [5.41, 5.74) is -0.223. The Hall–Kier alpha value is 0.0700. The highest BCUT2D eigenvalue weighted by Gasteiger charge is 2.67.